The molecule has 0 heterocycles. The lowest BCUT2D eigenvalue weighted by Crippen LogP contribution is -2.40. The van der Waals surface area contributed by atoms with Gasteiger partial charge in [0.2, 0.25) is 5.91 Å². The fraction of sp³-hybridized carbons (Fsp3) is 0.500. The molecule has 0 aliphatic carbocycles. The molecule has 0 saturated carbocycles. The first-order valence-electron chi connectivity index (χ1n) is 7.30. The molecule has 0 spiro atoms. The Kier molecular flexibility index (Phi) is 7.99. The Labute approximate surface area is 131 Å². The fourth-order valence-electron chi connectivity index (χ4n) is 1.97. The van der Waals surface area contributed by atoms with Gasteiger partial charge in [-0.05, 0) is 17.9 Å². The van der Waals surface area contributed by atoms with Crippen LogP contribution in [-0.2, 0) is 20.9 Å². The molecule has 0 aromatic heterocycles. The third-order valence-corrected chi connectivity index (χ3v) is 2.85. The van der Waals surface area contributed by atoms with Crippen molar-refractivity contribution in [3.05, 3.63) is 35.9 Å². The molecule has 0 aliphatic heterocycles. The van der Waals surface area contributed by atoms with Crippen LogP contribution in [0.5, 0.6) is 0 Å². The van der Waals surface area contributed by atoms with Crippen LogP contribution < -0.4 is 11.1 Å². The number of primary amides is 1. The standard InChI is InChI=1S/C16H24N2O4/c1-12(2)8-14(10-21-11-15(17)19)18-16(20)22-9-13-6-4-3-5-7-13/h3-7,12,14H,8-11H2,1-2H3,(H2,17,19)(H,18,20)/t14-/m0/s1. The lowest BCUT2D eigenvalue weighted by Gasteiger charge is -2.20. The van der Waals surface area contributed by atoms with E-state index in [2.05, 4.69) is 5.32 Å². The molecular weight excluding hydrogens is 284 g/mol. The summed E-state index contributed by atoms with van der Waals surface area (Å²) in [6.07, 6.45) is 0.219. The van der Waals surface area contributed by atoms with Gasteiger partial charge in [-0.15, -0.1) is 0 Å². The van der Waals surface area contributed by atoms with Gasteiger partial charge in [0.25, 0.3) is 0 Å². The van der Waals surface area contributed by atoms with Gasteiger partial charge in [0.1, 0.15) is 13.2 Å². The summed E-state index contributed by atoms with van der Waals surface area (Å²) in [5, 5.41) is 2.75. The highest BCUT2D eigenvalue weighted by Gasteiger charge is 2.15. The Morgan fingerprint density at radius 3 is 2.50 bits per heavy atom. The van der Waals surface area contributed by atoms with Crippen LogP contribution in [0.25, 0.3) is 0 Å². The number of ether oxygens (including phenoxy) is 2. The van der Waals surface area contributed by atoms with Gasteiger partial charge in [0.05, 0.1) is 12.6 Å². The van der Waals surface area contributed by atoms with Gasteiger partial charge >= 0.3 is 6.09 Å². The number of nitrogens with one attached hydrogen (secondary N) is 1. The van der Waals surface area contributed by atoms with Crippen LogP contribution in [0.1, 0.15) is 25.8 Å². The van der Waals surface area contributed by atoms with E-state index >= 15 is 0 Å². The molecule has 22 heavy (non-hydrogen) atoms. The van der Waals surface area contributed by atoms with Gasteiger partial charge in [-0.25, -0.2) is 4.79 Å². The van der Waals surface area contributed by atoms with E-state index in [0.717, 1.165) is 12.0 Å². The van der Waals surface area contributed by atoms with E-state index < -0.39 is 12.0 Å². The Bertz CT molecular complexity index is 462. The second-order valence-corrected chi connectivity index (χ2v) is 5.51. The quantitative estimate of drug-likeness (QED) is 0.728. The first kappa shape index (κ1) is 18.0. The minimum Gasteiger partial charge on any atom is -0.445 e. The predicted molar refractivity (Wildman–Crippen MR) is 83.0 cm³/mol. The van der Waals surface area contributed by atoms with Crippen LogP contribution in [0.3, 0.4) is 0 Å². The molecule has 2 amide bonds. The summed E-state index contributed by atoms with van der Waals surface area (Å²) in [5.41, 5.74) is 5.94. The molecule has 3 N–H and O–H groups in total. The number of rotatable bonds is 9. The minimum absolute atomic E-state index is 0.157. The maximum absolute atomic E-state index is 11.8. The average Bonchev–Trinajstić information content (AvgIpc) is 2.45. The van der Waals surface area contributed by atoms with Crippen molar-refractivity contribution in [3.8, 4) is 0 Å². The van der Waals surface area contributed by atoms with E-state index in [1.807, 2.05) is 44.2 Å². The molecule has 0 unspecified atom stereocenters. The van der Waals surface area contributed by atoms with E-state index in [1.54, 1.807) is 0 Å². The van der Waals surface area contributed by atoms with Gasteiger partial charge < -0.3 is 20.5 Å². The van der Waals surface area contributed by atoms with E-state index in [0.29, 0.717) is 5.92 Å². The largest absolute Gasteiger partial charge is 0.445 e. The van der Waals surface area contributed by atoms with E-state index in [-0.39, 0.29) is 25.9 Å². The highest BCUT2D eigenvalue weighted by Crippen LogP contribution is 2.06. The predicted octanol–water partition coefficient (Wildman–Crippen LogP) is 1.83. The van der Waals surface area contributed by atoms with Gasteiger partial charge in [0, 0.05) is 0 Å². The molecule has 1 aromatic carbocycles. The molecule has 1 aromatic rings. The lowest BCUT2D eigenvalue weighted by molar-refractivity contribution is -0.122. The zero-order valence-corrected chi connectivity index (χ0v) is 13.1. The lowest BCUT2D eigenvalue weighted by atomic mass is 10.0. The van der Waals surface area contributed by atoms with Crippen molar-refractivity contribution in [3.63, 3.8) is 0 Å². The van der Waals surface area contributed by atoms with Crippen molar-refractivity contribution in [1.29, 1.82) is 0 Å². The van der Waals surface area contributed by atoms with Crippen LogP contribution in [0.15, 0.2) is 30.3 Å². The Morgan fingerprint density at radius 2 is 1.91 bits per heavy atom. The van der Waals surface area contributed by atoms with Crippen molar-refractivity contribution in [2.45, 2.75) is 32.9 Å². The number of hydrogen-bond donors (Lipinski definition) is 2. The summed E-state index contributed by atoms with van der Waals surface area (Å²) in [6, 6.07) is 9.22. The van der Waals surface area contributed by atoms with Crippen LogP contribution >= 0.6 is 0 Å². The van der Waals surface area contributed by atoms with Crippen molar-refractivity contribution in [1.82, 2.24) is 5.32 Å². The molecular formula is C16H24N2O4. The number of nitrogens with two attached hydrogens (primary N) is 1. The monoisotopic (exact) mass is 308 g/mol. The molecule has 0 fully saturated rings. The summed E-state index contributed by atoms with van der Waals surface area (Å²) >= 11 is 0. The molecule has 6 heteroatoms. The minimum atomic E-state index is -0.532. The Balaban J connectivity index is 2.38. The average molecular weight is 308 g/mol. The maximum Gasteiger partial charge on any atom is 0.407 e. The summed E-state index contributed by atoms with van der Waals surface area (Å²) in [4.78, 5) is 22.5. The van der Waals surface area contributed by atoms with Gasteiger partial charge in [-0.1, -0.05) is 44.2 Å². The Morgan fingerprint density at radius 1 is 1.23 bits per heavy atom. The second-order valence-electron chi connectivity index (χ2n) is 5.51. The zero-order valence-electron chi connectivity index (χ0n) is 13.1. The summed E-state index contributed by atoms with van der Waals surface area (Å²) in [5.74, 6) is -0.161. The molecule has 1 atom stereocenters. The highest BCUT2D eigenvalue weighted by atomic mass is 16.5. The topological polar surface area (TPSA) is 90.6 Å². The van der Waals surface area contributed by atoms with E-state index in [1.165, 1.54) is 0 Å². The smallest absolute Gasteiger partial charge is 0.407 e. The molecule has 122 valence electrons. The number of carbonyl (C=O) groups is 2. The SMILES string of the molecule is CC(C)C[C@@H](COCC(N)=O)NC(=O)OCc1ccccc1. The van der Waals surface area contributed by atoms with E-state index in [4.69, 9.17) is 15.2 Å². The first-order chi connectivity index (χ1) is 10.5. The molecule has 0 bridgehead atoms. The maximum atomic E-state index is 11.8. The highest BCUT2D eigenvalue weighted by molar-refractivity contribution is 5.75. The van der Waals surface area contributed by atoms with Gasteiger partial charge in [-0.2, -0.15) is 0 Å². The van der Waals surface area contributed by atoms with Crippen molar-refractivity contribution >= 4 is 12.0 Å². The first-order valence-corrected chi connectivity index (χ1v) is 7.30. The van der Waals surface area contributed by atoms with E-state index in [9.17, 15) is 9.59 Å². The summed E-state index contributed by atoms with van der Waals surface area (Å²) in [6.45, 7) is 4.36. The van der Waals surface area contributed by atoms with Crippen LogP contribution in [0.2, 0.25) is 0 Å². The molecule has 0 aliphatic rings. The number of amides is 2. The van der Waals surface area contributed by atoms with Crippen LogP contribution in [0.4, 0.5) is 4.79 Å². The number of carbonyl (C=O) groups excluding carboxylic acids is 2. The number of alkyl carbamates (subject to hydrolysis) is 1. The normalized spacial score (nSPS) is 12.0. The summed E-state index contributed by atoms with van der Waals surface area (Å²) < 4.78 is 10.3. The fourth-order valence-corrected chi connectivity index (χ4v) is 1.97. The third kappa shape index (κ3) is 8.26. The molecule has 0 saturated heterocycles. The van der Waals surface area contributed by atoms with Gasteiger partial charge in [-0.3, -0.25) is 4.79 Å². The molecule has 1 rings (SSSR count). The van der Waals surface area contributed by atoms with Crippen LogP contribution in [0, 0.1) is 5.92 Å². The number of hydrogen-bond acceptors (Lipinski definition) is 4. The molecule has 6 nitrogen and oxygen atoms in total. The van der Waals surface area contributed by atoms with Gasteiger partial charge in [0.15, 0.2) is 0 Å². The van der Waals surface area contributed by atoms with Crippen molar-refractivity contribution in [2.24, 2.45) is 11.7 Å². The van der Waals surface area contributed by atoms with Crippen molar-refractivity contribution < 1.29 is 19.1 Å². The summed E-state index contributed by atoms with van der Waals surface area (Å²) in [7, 11) is 0. The Hall–Kier alpha value is -2.08. The molecule has 0 radical (unpaired) electrons. The number of benzene rings is 1. The second kappa shape index (κ2) is 9.78. The van der Waals surface area contributed by atoms with Crippen molar-refractivity contribution in [2.75, 3.05) is 13.2 Å². The van der Waals surface area contributed by atoms with Crippen LogP contribution in [-0.4, -0.2) is 31.3 Å². The zero-order chi connectivity index (χ0) is 16.4. The third-order valence-electron chi connectivity index (χ3n) is 2.85.